The highest BCUT2D eigenvalue weighted by molar-refractivity contribution is 7.80. The summed E-state index contributed by atoms with van der Waals surface area (Å²) in [6.45, 7) is 4.42. The van der Waals surface area contributed by atoms with E-state index in [0.717, 1.165) is 50.0 Å². The maximum atomic E-state index is 12.3. The molecule has 0 saturated carbocycles. The quantitative estimate of drug-likeness (QED) is 0.142. The molecule has 3 nitrogen and oxygen atoms in total. The van der Waals surface area contributed by atoms with Crippen molar-refractivity contribution >= 4 is 18.6 Å². The summed E-state index contributed by atoms with van der Waals surface area (Å²) in [5.41, 5.74) is 1.74. The van der Waals surface area contributed by atoms with Gasteiger partial charge < -0.3 is 9.47 Å². The normalized spacial score (nSPS) is 10.5. The molecule has 0 N–H and O–H groups in total. The molecule has 0 atom stereocenters. The lowest BCUT2D eigenvalue weighted by molar-refractivity contribution is 0.0734. The minimum absolute atomic E-state index is 0.363. The smallest absolute Gasteiger partial charge is 0.343 e. The van der Waals surface area contributed by atoms with Gasteiger partial charge in [-0.1, -0.05) is 31.1 Å². The van der Waals surface area contributed by atoms with Crippen molar-refractivity contribution in [3.05, 3.63) is 72.3 Å². The summed E-state index contributed by atoms with van der Waals surface area (Å²) in [6.07, 6.45) is 9.53. The first-order valence-corrected chi connectivity index (χ1v) is 10.6. The second kappa shape index (κ2) is 13.1. The second-order valence-electron chi connectivity index (χ2n) is 6.73. The van der Waals surface area contributed by atoms with Gasteiger partial charge in [-0.15, -0.1) is 6.58 Å². The Bertz CT molecular complexity index is 708. The van der Waals surface area contributed by atoms with Crippen LogP contribution in [-0.4, -0.2) is 18.3 Å². The molecule has 0 amide bonds. The topological polar surface area (TPSA) is 35.5 Å². The molecule has 0 aromatic heterocycles. The van der Waals surface area contributed by atoms with Gasteiger partial charge in [0.25, 0.3) is 0 Å². The Morgan fingerprint density at radius 3 is 2.25 bits per heavy atom. The number of aryl methyl sites for hydroxylation is 1. The largest absolute Gasteiger partial charge is 0.494 e. The summed E-state index contributed by atoms with van der Waals surface area (Å²) < 4.78 is 11.2. The Labute approximate surface area is 174 Å². The summed E-state index contributed by atoms with van der Waals surface area (Å²) >= 11 is 4.21. The maximum absolute atomic E-state index is 12.3. The van der Waals surface area contributed by atoms with E-state index in [1.807, 2.05) is 42.5 Å². The lowest BCUT2D eigenvalue weighted by Crippen LogP contribution is -2.08. The van der Waals surface area contributed by atoms with E-state index in [1.165, 1.54) is 12.0 Å². The number of benzene rings is 2. The third kappa shape index (κ3) is 8.22. The van der Waals surface area contributed by atoms with E-state index in [2.05, 4.69) is 19.2 Å². The predicted octanol–water partition coefficient (Wildman–Crippen LogP) is 6.28. The molecule has 0 bridgehead atoms. The van der Waals surface area contributed by atoms with Crippen LogP contribution in [0.15, 0.2) is 61.2 Å². The molecule has 2 aromatic carbocycles. The van der Waals surface area contributed by atoms with E-state index >= 15 is 0 Å². The molecular weight excluding hydrogens is 368 g/mol. The zero-order valence-electron chi connectivity index (χ0n) is 16.4. The van der Waals surface area contributed by atoms with Crippen LogP contribution in [0.5, 0.6) is 11.5 Å². The van der Waals surface area contributed by atoms with Crippen molar-refractivity contribution < 1.29 is 14.3 Å². The Morgan fingerprint density at radius 2 is 1.57 bits per heavy atom. The number of thiol groups is 1. The fraction of sp³-hybridized carbons (Fsp3) is 0.375. The van der Waals surface area contributed by atoms with Gasteiger partial charge in [0.1, 0.15) is 11.5 Å². The molecule has 0 aliphatic heterocycles. The summed E-state index contributed by atoms with van der Waals surface area (Å²) in [7, 11) is 0. The molecule has 0 spiro atoms. The first-order valence-electron chi connectivity index (χ1n) is 9.98. The standard InChI is InChI=1S/C24H30O3S/c1-2-3-6-9-20-10-14-23(15-11-20)27-24(25)21-12-16-22(17-13-21)26-18-7-4-5-8-19-28/h2,10-17,28H,1,3-9,18-19H2. The molecule has 0 saturated heterocycles. The van der Waals surface area contributed by atoms with Crippen LogP contribution in [0.2, 0.25) is 0 Å². The fourth-order valence-electron chi connectivity index (χ4n) is 2.79. The van der Waals surface area contributed by atoms with Crippen molar-refractivity contribution in [2.75, 3.05) is 12.4 Å². The van der Waals surface area contributed by atoms with Gasteiger partial charge in [0.05, 0.1) is 12.2 Å². The summed E-state index contributed by atoms with van der Waals surface area (Å²) in [5.74, 6) is 1.91. The minimum Gasteiger partial charge on any atom is -0.494 e. The van der Waals surface area contributed by atoms with Gasteiger partial charge in [0, 0.05) is 0 Å². The highest BCUT2D eigenvalue weighted by Gasteiger charge is 2.09. The zero-order chi connectivity index (χ0) is 20.0. The van der Waals surface area contributed by atoms with Gasteiger partial charge in [0.2, 0.25) is 0 Å². The van der Waals surface area contributed by atoms with Crippen LogP contribution in [0, 0.1) is 0 Å². The Hall–Kier alpha value is -2.20. The fourth-order valence-corrected chi connectivity index (χ4v) is 3.01. The SMILES string of the molecule is C=CCCCc1ccc(OC(=O)c2ccc(OCCCCCCS)cc2)cc1. The molecule has 150 valence electrons. The molecule has 2 rings (SSSR count). The van der Waals surface area contributed by atoms with E-state index in [0.29, 0.717) is 17.9 Å². The average molecular weight is 399 g/mol. The van der Waals surface area contributed by atoms with Gasteiger partial charge in [-0.2, -0.15) is 12.6 Å². The summed E-state index contributed by atoms with van der Waals surface area (Å²) in [6, 6.07) is 14.8. The number of rotatable bonds is 13. The van der Waals surface area contributed by atoms with Crippen molar-refractivity contribution in [2.45, 2.75) is 44.9 Å². The number of allylic oxidation sites excluding steroid dienone is 1. The van der Waals surface area contributed by atoms with Gasteiger partial charge in [-0.25, -0.2) is 4.79 Å². The average Bonchev–Trinajstić information content (AvgIpc) is 2.72. The van der Waals surface area contributed by atoms with Crippen molar-refractivity contribution in [2.24, 2.45) is 0 Å². The minimum atomic E-state index is -0.363. The molecule has 0 unspecified atom stereocenters. The molecule has 4 heteroatoms. The van der Waals surface area contributed by atoms with Crippen molar-refractivity contribution in [3.63, 3.8) is 0 Å². The summed E-state index contributed by atoms with van der Waals surface area (Å²) in [4.78, 5) is 12.3. The number of esters is 1. The van der Waals surface area contributed by atoms with Crippen LogP contribution in [0.25, 0.3) is 0 Å². The zero-order valence-corrected chi connectivity index (χ0v) is 17.3. The third-order valence-corrected chi connectivity index (χ3v) is 4.74. The van der Waals surface area contributed by atoms with Crippen LogP contribution in [0.3, 0.4) is 0 Å². The number of hydrogen-bond donors (Lipinski definition) is 1. The van der Waals surface area contributed by atoms with E-state index in [1.54, 1.807) is 12.1 Å². The van der Waals surface area contributed by atoms with Gasteiger partial charge in [0.15, 0.2) is 0 Å². The lowest BCUT2D eigenvalue weighted by Gasteiger charge is -2.08. The van der Waals surface area contributed by atoms with E-state index in [4.69, 9.17) is 9.47 Å². The molecule has 0 fully saturated rings. The first-order chi connectivity index (χ1) is 13.7. The third-order valence-electron chi connectivity index (χ3n) is 4.42. The van der Waals surface area contributed by atoms with Crippen LogP contribution in [0.1, 0.15) is 54.4 Å². The van der Waals surface area contributed by atoms with E-state index < -0.39 is 0 Å². The highest BCUT2D eigenvalue weighted by atomic mass is 32.1. The molecule has 2 aromatic rings. The Morgan fingerprint density at radius 1 is 0.893 bits per heavy atom. The van der Waals surface area contributed by atoms with Gasteiger partial charge in [-0.3, -0.25) is 0 Å². The van der Waals surface area contributed by atoms with Crippen LogP contribution in [-0.2, 0) is 6.42 Å². The molecule has 0 heterocycles. The molecule has 0 radical (unpaired) electrons. The molecule has 28 heavy (non-hydrogen) atoms. The monoisotopic (exact) mass is 398 g/mol. The van der Waals surface area contributed by atoms with Crippen LogP contribution >= 0.6 is 12.6 Å². The second-order valence-corrected chi connectivity index (χ2v) is 7.17. The van der Waals surface area contributed by atoms with Crippen LogP contribution in [0.4, 0.5) is 0 Å². The number of carbonyl (C=O) groups is 1. The predicted molar refractivity (Wildman–Crippen MR) is 119 cm³/mol. The van der Waals surface area contributed by atoms with Crippen molar-refractivity contribution in [1.82, 2.24) is 0 Å². The molecule has 0 aliphatic rings. The Balaban J connectivity index is 1.76. The molecular formula is C24H30O3S. The number of hydrogen-bond acceptors (Lipinski definition) is 4. The molecule has 0 aliphatic carbocycles. The lowest BCUT2D eigenvalue weighted by atomic mass is 10.1. The highest BCUT2D eigenvalue weighted by Crippen LogP contribution is 2.18. The summed E-state index contributed by atoms with van der Waals surface area (Å²) in [5, 5.41) is 0. The number of carbonyl (C=O) groups excluding carboxylic acids is 1. The van der Waals surface area contributed by atoms with Gasteiger partial charge in [-0.05, 0) is 79.8 Å². The van der Waals surface area contributed by atoms with Crippen molar-refractivity contribution in [1.29, 1.82) is 0 Å². The number of unbranched alkanes of at least 4 members (excludes halogenated alkanes) is 4. The first kappa shape index (κ1) is 22.1. The van der Waals surface area contributed by atoms with E-state index in [9.17, 15) is 4.79 Å². The Kier molecular flexibility index (Phi) is 10.3. The number of ether oxygens (including phenoxy) is 2. The van der Waals surface area contributed by atoms with Crippen LogP contribution < -0.4 is 9.47 Å². The van der Waals surface area contributed by atoms with Gasteiger partial charge >= 0.3 is 5.97 Å². The van der Waals surface area contributed by atoms with Crippen molar-refractivity contribution in [3.8, 4) is 11.5 Å². The maximum Gasteiger partial charge on any atom is 0.343 e. The van der Waals surface area contributed by atoms with E-state index in [-0.39, 0.29) is 5.97 Å².